The van der Waals surface area contributed by atoms with Gasteiger partial charge in [0, 0.05) is 12.6 Å². The molecule has 0 saturated carbocycles. The van der Waals surface area contributed by atoms with Gasteiger partial charge in [0.2, 0.25) is 5.75 Å². The molecule has 0 aromatic heterocycles. The van der Waals surface area contributed by atoms with Crippen LogP contribution in [0.4, 0.5) is 5.69 Å². The molecule has 3 rings (SSSR count). The predicted octanol–water partition coefficient (Wildman–Crippen LogP) is 2.75. The van der Waals surface area contributed by atoms with Crippen LogP contribution in [0.15, 0.2) is 47.5 Å². The van der Waals surface area contributed by atoms with Crippen LogP contribution in [0.5, 0.6) is 17.2 Å². The average molecular weight is 313 g/mol. The molecule has 0 spiro atoms. The van der Waals surface area contributed by atoms with Gasteiger partial charge in [-0.25, -0.2) is 0 Å². The van der Waals surface area contributed by atoms with Gasteiger partial charge in [0.25, 0.3) is 0 Å². The molecule has 0 amide bonds. The van der Waals surface area contributed by atoms with Gasteiger partial charge in [0.05, 0.1) is 24.1 Å². The first-order valence-electron chi connectivity index (χ1n) is 7.07. The van der Waals surface area contributed by atoms with Crippen molar-refractivity contribution in [2.45, 2.75) is 0 Å². The molecule has 0 aliphatic carbocycles. The average Bonchev–Trinajstić information content (AvgIpc) is 3.09. The fraction of sp³-hybridized carbons (Fsp3) is 0.188. The SMILES string of the molecule is COc1cccc(C2=NCCN2)c1Oc1ccccc1[N+](=O)[O-]. The molecule has 1 N–H and O–H groups in total. The van der Waals surface area contributed by atoms with E-state index in [-0.39, 0.29) is 11.4 Å². The quantitative estimate of drug-likeness (QED) is 0.677. The molecule has 0 fully saturated rings. The minimum atomic E-state index is -0.476. The van der Waals surface area contributed by atoms with E-state index in [0.717, 1.165) is 6.54 Å². The standard InChI is InChI=1S/C16H15N3O4/c1-22-14-8-4-5-11(16-17-9-10-18-16)15(14)23-13-7-3-2-6-12(13)19(20)21/h2-8H,9-10H2,1H3,(H,17,18). The summed E-state index contributed by atoms with van der Waals surface area (Å²) in [5.74, 6) is 1.73. The minimum Gasteiger partial charge on any atom is -0.493 e. The number of amidine groups is 1. The number of nitrogens with zero attached hydrogens (tertiary/aromatic N) is 2. The molecular weight excluding hydrogens is 298 g/mol. The van der Waals surface area contributed by atoms with E-state index in [4.69, 9.17) is 9.47 Å². The zero-order valence-corrected chi connectivity index (χ0v) is 12.5. The maximum absolute atomic E-state index is 11.2. The molecule has 23 heavy (non-hydrogen) atoms. The zero-order valence-electron chi connectivity index (χ0n) is 12.5. The number of aliphatic imine (C=N–C) groups is 1. The number of nitro groups is 1. The van der Waals surface area contributed by atoms with Gasteiger partial charge in [-0.2, -0.15) is 0 Å². The Balaban J connectivity index is 2.07. The predicted molar refractivity (Wildman–Crippen MR) is 85.6 cm³/mol. The third kappa shape index (κ3) is 2.94. The van der Waals surface area contributed by atoms with Gasteiger partial charge in [-0.05, 0) is 18.2 Å². The first kappa shape index (κ1) is 14.8. The van der Waals surface area contributed by atoms with Crippen molar-refractivity contribution in [1.82, 2.24) is 5.32 Å². The van der Waals surface area contributed by atoms with E-state index < -0.39 is 4.92 Å². The van der Waals surface area contributed by atoms with Crippen molar-refractivity contribution in [2.24, 2.45) is 4.99 Å². The monoisotopic (exact) mass is 313 g/mol. The Hall–Kier alpha value is -3.09. The summed E-state index contributed by atoms with van der Waals surface area (Å²) < 4.78 is 11.2. The number of hydrogen-bond acceptors (Lipinski definition) is 6. The van der Waals surface area contributed by atoms with E-state index in [1.165, 1.54) is 13.2 Å². The molecule has 2 aromatic rings. The smallest absolute Gasteiger partial charge is 0.311 e. The highest BCUT2D eigenvalue weighted by Gasteiger charge is 2.21. The molecule has 0 unspecified atom stereocenters. The maximum Gasteiger partial charge on any atom is 0.311 e. The second-order valence-electron chi connectivity index (χ2n) is 4.82. The van der Waals surface area contributed by atoms with E-state index in [1.807, 2.05) is 12.1 Å². The number of ether oxygens (including phenoxy) is 2. The second-order valence-corrected chi connectivity index (χ2v) is 4.82. The van der Waals surface area contributed by atoms with Crippen molar-refractivity contribution in [3.05, 3.63) is 58.1 Å². The number of nitrogens with one attached hydrogen (secondary N) is 1. The largest absolute Gasteiger partial charge is 0.493 e. The van der Waals surface area contributed by atoms with Crippen LogP contribution in [0.3, 0.4) is 0 Å². The lowest BCUT2D eigenvalue weighted by Crippen LogP contribution is -2.20. The van der Waals surface area contributed by atoms with Gasteiger partial charge in [-0.15, -0.1) is 0 Å². The summed E-state index contributed by atoms with van der Waals surface area (Å²) in [6.07, 6.45) is 0. The molecule has 1 aliphatic rings. The van der Waals surface area contributed by atoms with E-state index in [9.17, 15) is 10.1 Å². The molecule has 7 nitrogen and oxygen atoms in total. The number of benzene rings is 2. The van der Waals surface area contributed by atoms with Crippen LogP contribution in [-0.2, 0) is 0 Å². The summed E-state index contributed by atoms with van der Waals surface area (Å²) in [5.41, 5.74) is 0.602. The lowest BCUT2D eigenvalue weighted by molar-refractivity contribution is -0.385. The number of nitro benzene ring substituents is 1. The zero-order chi connectivity index (χ0) is 16.2. The Morgan fingerprint density at radius 2 is 1.96 bits per heavy atom. The number of rotatable bonds is 5. The van der Waals surface area contributed by atoms with Crippen molar-refractivity contribution in [1.29, 1.82) is 0 Å². The van der Waals surface area contributed by atoms with Crippen LogP contribution in [0.25, 0.3) is 0 Å². The third-order valence-electron chi connectivity index (χ3n) is 3.40. The Kier molecular flexibility index (Phi) is 4.09. The molecule has 7 heteroatoms. The first-order chi connectivity index (χ1) is 11.2. The van der Waals surface area contributed by atoms with Crippen LogP contribution in [0, 0.1) is 10.1 Å². The van der Waals surface area contributed by atoms with E-state index >= 15 is 0 Å². The summed E-state index contributed by atoms with van der Waals surface area (Å²) >= 11 is 0. The van der Waals surface area contributed by atoms with E-state index in [2.05, 4.69) is 10.3 Å². The van der Waals surface area contributed by atoms with Crippen molar-refractivity contribution in [3.63, 3.8) is 0 Å². The molecule has 1 heterocycles. The van der Waals surface area contributed by atoms with Gasteiger partial charge in [-0.3, -0.25) is 15.1 Å². The topological polar surface area (TPSA) is 86.0 Å². The second kappa shape index (κ2) is 6.35. The highest BCUT2D eigenvalue weighted by atomic mass is 16.6. The van der Waals surface area contributed by atoms with E-state index in [0.29, 0.717) is 29.4 Å². The van der Waals surface area contributed by atoms with Crippen LogP contribution in [0.2, 0.25) is 0 Å². The van der Waals surface area contributed by atoms with Gasteiger partial charge in [0.15, 0.2) is 11.5 Å². The maximum atomic E-state index is 11.2. The highest BCUT2D eigenvalue weighted by molar-refractivity contribution is 6.02. The number of methoxy groups -OCH3 is 1. The molecule has 0 bridgehead atoms. The first-order valence-corrected chi connectivity index (χ1v) is 7.07. The van der Waals surface area contributed by atoms with Crippen LogP contribution < -0.4 is 14.8 Å². The molecule has 2 aromatic carbocycles. The van der Waals surface area contributed by atoms with Crippen molar-refractivity contribution >= 4 is 11.5 Å². The summed E-state index contributed by atoms with van der Waals surface area (Å²) in [6, 6.07) is 11.6. The molecule has 0 radical (unpaired) electrons. The normalized spacial score (nSPS) is 13.2. The molecule has 118 valence electrons. The summed E-state index contributed by atoms with van der Waals surface area (Å²) in [7, 11) is 1.52. The van der Waals surface area contributed by atoms with Crippen molar-refractivity contribution < 1.29 is 14.4 Å². The number of hydrogen-bond donors (Lipinski definition) is 1. The summed E-state index contributed by atoms with van der Waals surface area (Å²) in [4.78, 5) is 15.1. The van der Waals surface area contributed by atoms with Crippen molar-refractivity contribution in [2.75, 3.05) is 20.2 Å². The van der Waals surface area contributed by atoms with Gasteiger partial charge >= 0.3 is 5.69 Å². The van der Waals surface area contributed by atoms with Crippen LogP contribution >= 0.6 is 0 Å². The summed E-state index contributed by atoms with van der Waals surface area (Å²) in [5, 5.41) is 14.3. The third-order valence-corrected chi connectivity index (χ3v) is 3.40. The molecule has 0 saturated heterocycles. The minimum absolute atomic E-state index is 0.106. The van der Waals surface area contributed by atoms with E-state index in [1.54, 1.807) is 24.3 Å². The Morgan fingerprint density at radius 3 is 2.65 bits per heavy atom. The molecular formula is C16H15N3O4. The van der Waals surface area contributed by atoms with Gasteiger partial charge in [-0.1, -0.05) is 18.2 Å². The lowest BCUT2D eigenvalue weighted by Gasteiger charge is -2.15. The van der Waals surface area contributed by atoms with Crippen LogP contribution in [0.1, 0.15) is 5.56 Å². The van der Waals surface area contributed by atoms with Crippen LogP contribution in [-0.4, -0.2) is 31.0 Å². The Morgan fingerprint density at radius 1 is 1.17 bits per heavy atom. The fourth-order valence-corrected chi connectivity index (χ4v) is 2.35. The van der Waals surface area contributed by atoms with Gasteiger partial charge < -0.3 is 14.8 Å². The Bertz CT molecular complexity index is 774. The Labute approximate surface area is 132 Å². The summed E-state index contributed by atoms with van der Waals surface area (Å²) in [6.45, 7) is 1.43. The molecule has 1 aliphatic heterocycles. The van der Waals surface area contributed by atoms with Crippen molar-refractivity contribution in [3.8, 4) is 17.2 Å². The highest BCUT2D eigenvalue weighted by Crippen LogP contribution is 2.38. The molecule has 0 atom stereocenters. The number of para-hydroxylation sites is 3. The lowest BCUT2D eigenvalue weighted by atomic mass is 10.1. The van der Waals surface area contributed by atoms with Gasteiger partial charge in [0.1, 0.15) is 5.84 Å². The fourth-order valence-electron chi connectivity index (χ4n) is 2.35.